The maximum atomic E-state index is 14.1. The molecule has 0 amide bonds. The van der Waals surface area contributed by atoms with Crippen molar-refractivity contribution in [2.45, 2.75) is 23.3 Å². The Kier molecular flexibility index (Phi) is 6.83. The van der Waals surface area contributed by atoms with Crippen LogP contribution < -0.4 is 0 Å². The molecule has 0 aliphatic rings. The molecule has 0 aromatic heterocycles. The molecule has 32 heavy (non-hydrogen) atoms. The summed E-state index contributed by atoms with van der Waals surface area (Å²) in [7, 11) is -2.56. The van der Waals surface area contributed by atoms with E-state index in [1.54, 1.807) is 0 Å². The second-order valence-electron chi connectivity index (χ2n) is 7.66. The molecule has 0 heterocycles. The van der Waals surface area contributed by atoms with E-state index >= 15 is 0 Å². The van der Waals surface area contributed by atoms with Gasteiger partial charge in [-0.1, -0.05) is 128 Å². The van der Waals surface area contributed by atoms with E-state index in [1.807, 2.05) is 128 Å². The summed E-state index contributed by atoms with van der Waals surface area (Å²) in [4.78, 5) is 0. The Morgan fingerprint density at radius 3 is 1.31 bits per heavy atom. The molecule has 4 aromatic carbocycles. The summed E-state index contributed by atoms with van der Waals surface area (Å²) in [6, 6.07) is 39.3. The SMILES string of the molecule is CCC(c1ccccc1)S(=O)(=O)SC(c1ccccc1)(c1ccccc1)c1ccccc1. The van der Waals surface area contributed by atoms with E-state index in [2.05, 4.69) is 0 Å². The Morgan fingerprint density at radius 1 is 0.625 bits per heavy atom. The van der Waals surface area contributed by atoms with Gasteiger partial charge in [0.05, 0.1) is 5.25 Å². The van der Waals surface area contributed by atoms with Crippen LogP contribution in [0.3, 0.4) is 0 Å². The molecule has 4 heteroatoms. The Hall–Kier alpha value is -2.82. The molecule has 162 valence electrons. The summed E-state index contributed by atoms with van der Waals surface area (Å²) in [5.74, 6) is 0. The van der Waals surface area contributed by atoms with Gasteiger partial charge >= 0.3 is 0 Å². The highest BCUT2D eigenvalue weighted by atomic mass is 33.1. The van der Waals surface area contributed by atoms with Crippen LogP contribution in [0.4, 0.5) is 0 Å². The maximum absolute atomic E-state index is 14.1. The molecule has 1 unspecified atom stereocenters. The van der Waals surface area contributed by atoms with Crippen LogP contribution in [0.25, 0.3) is 0 Å². The summed E-state index contributed by atoms with van der Waals surface area (Å²) in [5.41, 5.74) is 3.64. The zero-order chi connectivity index (χ0) is 22.4. The lowest BCUT2D eigenvalue weighted by atomic mass is 9.84. The van der Waals surface area contributed by atoms with E-state index in [9.17, 15) is 8.42 Å². The molecular formula is C28H26O2S2. The zero-order valence-corrected chi connectivity index (χ0v) is 19.6. The normalized spacial score (nSPS) is 12.9. The van der Waals surface area contributed by atoms with Crippen LogP contribution in [0.2, 0.25) is 0 Å². The fraction of sp³-hybridized carbons (Fsp3) is 0.143. The number of hydrogen-bond acceptors (Lipinski definition) is 3. The van der Waals surface area contributed by atoms with E-state index in [0.717, 1.165) is 33.0 Å². The molecule has 0 aliphatic carbocycles. The van der Waals surface area contributed by atoms with Crippen molar-refractivity contribution in [1.82, 2.24) is 0 Å². The Balaban J connectivity index is 1.96. The van der Waals surface area contributed by atoms with Gasteiger partial charge in [-0.3, -0.25) is 0 Å². The van der Waals surface area contributed by atoms with Gasteiger partial charge in [0.2, 0.25) is 8.87 Å². The van der Waals surface area contributed by atoms with Crippen molar-refractivity contribution in [2.75, 3.05) is 0 Å². The smallest absolute Gasteiger partial charge is 0.210 e. The van der Waals surface area contributed by atoms with Gasteiger partial charge in [0.1, 0.15) is 4.75 Å². The fourth-order valence-electron chi connectivity index (χ4n) is 4.17. The maximum Gasteiger partial charge on any atom is 0.210 e. The molecule has 0 N–H and O–H groups in total. The van der Waals surface area contributed by atoms with Gasteiger partial charge in [-0.05, 0) is 39.5 Å². The Labute approximate surface area is 194 Å². The summed E-state index contributed by atoms with van der Waals surface area (Å²) in [6.45, 7) is 1.94. The molecule has 0 bridgehead atoms. The van der Waals surface area contributed by atoms with Gasteiger partial charge in [-0.25, -0.2) is 8.42 Å². The van der Waals surface area contributed by atoms with Gasteiger partial charge in [-0.2, -0.15) is 0 Å². The molecule has 1 atom stereocenters. The molecule has 0 spiro atoms. The second kappa shape index (κ2) is 9.76. The summed E-state index contributed by atoms with van der Waals surface area (Å²) in [6.07, 6.45) is 0.508. The molecule has 2 nitrogen and oxygen atoms in total. The van der Waals surface area contributed by atoms with Crippen molar-refractivity contribution >= 4 is 19.7 Å². The minimum absolute atomic E-state index is 0.508. The third-order valence-corrected chi connectivity index (χ3v) is 10.3. The van der Waals surface area contributed by atoms with Crippen molar-refractivity contribution in [2.24, 2.45) is 0 Å². The van der Waals surface area contributed by atoms with E-state index in [4.69, 9.17) is 0 Å². The molecule has 0 saturated heterocycles. The van der Waals surface area contributed by atoms with E-state index in [-0.39, 0.29) is 0 Å². The van der Waals surface area contributed by atoms with Gasteiger partial charge in [-0.15, -0.1) is 0 Å². The van der Waals surface area contributed by atoms with Crippen LogP contribution in [0.15, 0.2) is 121 Å². The third-order valence-electron chi connectivity index (χ3n) is 5.67. The number of rotatable bonds is 8. The lowest BCUT2D eigenvalue weighted by molar-refractivity contribution is 0.594. The van der Waals surface area contributed by atoms with Gasteiger partial charge < -0.3 is 0 Å². The predicted octanol–water partition coefficient (Wildman–Crippen LogP) is 7.19. The Bertz CT molecular complexity index is 1130. The van der Waals surface area contributed by atoms with Crippen molar-refractivity contribution in [3.05, 3.63) is 144 Å². The van der Waals surface area contributed by atoms with E-state index in [1.165, 1.54) is 0 Å². The second-order valence-corrected chi connectivity index (χ2v) is 11.9. The summed E-state index contributed by atoms with van der Waals surface area (Å²) >= 11 is 0. The van der Waals surface area contributed by atoms with Crippen LogP contribution in [0.5, 0.6) is 0 Å². The van der Waals surface area contributed by atoms with Crippen LogP contribution in [-0.4, -0.2) is 8.42 Å². The highest BCUT2D eigenvalue weighted by Gasteiger charge is 2.44. The minimum Gasteiger partial charge on any atom is -0.217 e. The molecule has 0 aliphatic heterocycles. The van der Waals surface area contributed by atoms with Crippen molar-refractivity contribution in [1.29, 1.82) is 0 Å². The molecular weight excluding hydrogens is 432 g/mol. The number of hydrogen-bond donors (Lipinski definition) is 0. The van der Waals surface area contributed by atoms with E-state index < -0.39 is 18.9 Å². The van der Waals surface area contributed by atoms with Crippen LogP contribution >= 0.6 is 10.8 Å². The molecule has 0 radical (unpaired) electrons. The van der Waals surface area contributed by atoms with Gasteiger partial charge in [0.25, 0.3) is 0 Å². The first-order valence-corrected chi connectivity index (χ1v) is 13.6. The standard InChI is InChI=1S/C28H26O2S2/c1-2-27(23-15-7-3-8-16-23)32(29,30)31-28(24-17-9-4-10-18-24,25-19-11-5-12-20-25)26-21-13-6-14-22-26/h3-22,27H,2H2,1H3. The van der Waals surface area contributed by atoms with Crippen molar-refractivity contribution in [3.63, 3.8) is 0 Å². The van der Waals surface area contributed by atoms with E-state index in [0.29, 0.717) is 6.42 Å². The summed E-state index contributed by atoms with van der Waals surface area (Å²) < 4.78 is 27.2. The first-order valence-electron chi connectivity index (χ1n) is 10.7. The lowest BCUT2D eigenvalue weighted by Crippen LogP contribution is -2.28. The molecule has 4 rings (SSSR count). The first-order chi connectivity index (χ1) is 15.6. The predicted molar refractivity (Wildman–Crippen MR) is 135 cm³/mol. The average Bonchev–Trinajstić information content (AvgIpc) is 2.85. The molecule has 0 saturated carbocycles. The van der Waals surface area contributed by atoms with Crippen LogP contribution in [-0.2, 0) is 13.6 Å². The van der Waals surface area contributed by atoms with Gasteiger partial charge in [0, 0.05) is 0 Å². The molecule has 0 fully saturated rings. The summed E-state index contributed by atoms with van der Waals surface area (Å²) in [5, 5.41) is -0.593. The van der Waals surface area contributed by atoms with Gasteiger partial charge in [0.15, 0.2) is 0 Å². The Morgan fingerprint density at radius 2 is 0.969 bits per heavy atom. The number of benzene rings is 4. The highest BCUT2D eigenvalue weighted by molar-refractivity contribution is 8.72. The van der Waals surface area contributed by atoms with Crippen LogP contribution in [0.1, 0.15) is 40.8 Å². The van der Waals surface area contributed by atoms with Crippen LogP contribution in [0, 0.1) is 0 Å². The quantitative estimate of drug-likeness (QED) is 0.207. The monoisotopic (exact) mass is 458 g/mol. The van der Waals surface area contributed by atoms with Crippen molar-refractivity contribution in [3.8, 4) is 0 Å². The zero-order valence-electron chi connectivity index (χ0n) is 18.0. The first kappa shape index (κ1) is 22.4. The third kappa shape index (κ3) is 4.38. The average molecular weight is 459 g/mol. The minimum atomic E-state index is -3.61. The molecule has 4 aromatic rings. The lowest BCUT2D eigenvalue weighted by Gasteiger charge is -2.35. The highest BCUT2D eigenvalue weighted by Crippen LogP contribution is 2.53. The topological polar surface area (TPSA) is 34.1 Å². The largest absolute Gasteiger partial charge is 0.217 e. The fourth-order valence-corrected chi connectivity index (χ4v) is 9.23. The van der Waals surface area contributed by atoms with Crippen molar-refractivity contribution < 1.29 is 8.42 Å².